The summed E-state index contributed by atoms with van der Waals surface area (Å²) in [5.74, 6) is 0.0679. The molecule has 1 amide bonds. The number of rotatable bonds is 6. The van der Waals surface area contributed by atoms with Gasteiger partial charge in [-0.1, -0.05) is 54.6 Å². The fourth-order valence-electron chi connectivity index (χ4n) is 3.24. The molecule has 126 valence electrons. The van der Waals surface area contributed by atoms with Crippen molar-refractivity contribution in [2.45, 2.75) is 19.0 Å². The van der Waals surface area contributed by atoms with Crippen molar-refractivity contribution in [3.63, 3.8) is 0 Å². The Labute approximate surface area is 143 Å². The summed E-state index contributed by atoms with van der Waals surface area (Å²) in [6.07, 6.45) is 1.06. The minimum atomic E-state index is 0.0679. The van der Waals surface area contributed by atoms with Crippen LogP contribution in [0.5, 0.6) is 0 Å². The van der Waals surface area contributed by atoms with Gasteiger partial charge in [-0.2, -0.15) is 0 Å². The van der Waals surface area contributed by atoms with E-state index in [1.165, 1.54) is 16.7 Å². The Morgan fingerprint density at radius 2 is 1.92 bits per heavy atom. The standard InChI is InChI=1S/C20H25N3O/c1-23(14-16-7-3-2-4-8-16)15-20(24)22-13-19-18-10-6-5-9-17(18)11-12-21-19/h2-10,19,21H,11-15H2,1H3,(H,22,24). The van der Waals surface area contributed by atoms with Crippen LogP contribution in [0.3, 0.4) is 0 Å². The summed E-state index contributed by atoms with van der Waals surface area (Å²) in [4.78, 5) is 14.3. The zero-order chi connectivity index (χ0) is 16.8. The Kier molecular flexibility index (Phi) is 5.62. The number of amides is 1. The van der Waals surface area contributed by atoms with Gasteiger partial charge in [0.25, 0.3) is 0 Å². The van der Waals surface area contributed by atoms with Crippen molar-refractivity contribution in [3.05, 3.63) is 71.3 Å². The molecule has 0 saturated carbocycles. The molecule has 0 aliphatic carbocycles. The number of likely N-dealkylation sites (N-methyl/N-ethyl adjacent to an activating group) is 1. The fourth-order valence-corrected chi connectivity index (χ4v) is 3.24. The monoisotopic (exact) mass is 323 g/mol. The third-order valence-electron chi connectivity index (χ3n) is 4.43. The number of hydrogen-bond donors (Lipinski definition) is 2. The number of carbonyl (C=O) groups is 1. The van der Waals surface area contributed by atoms with E-state index in [1.807, 2.05) is 30.1 Å². The number of benzene rings is 2. The highest BCUT2D eigenvalue weighted by atomic mass is 16.2. The van der Waals surface area contributed by atoms with Gasteiger partial charge in [-0.25, -0.2) is 0 Å². The summed E-state index contributed by atoms with van der Waals surface area (Å²) in [5, 5.41) is 6.56. The summed E-state index contributed by atoms with van der Waals surface area (Å²) >= 11 is 0. The van der Waals surface area contributed by atoms with E-state index in [-0.39, 0.29) is 11.9 Å². The molecule has 24 heavy (non-hydrogen) atoms. The van der Waals surface area contributed by atoms with Crippen molar-refractivity contribution in [1.29, 1.82) is 0 Å². The summed E-state index contributed by atoms with van der Waals surface area (Å²) in [6.45, 7) is 2.78. The lowest BCUT2D eigenvalue weighted by Crippen LogP contribution is -2.41. The topological polar surface area (TPSA) is 44.4 Å². The van der Waals surface area contributed by atoms with Crippen LogP contribution in [-0.2, 0) is 17.8 Å². The molecule has 0 radical (unpaired) electrons. The quantitative estimate of drug-likeness (QED) is 0.856. The van der Waals surface area contributed by atoms with Gasteiger partial charge in [0, 0.05) is 19.1 Å². The lowest BCUT2D eigenvalue weighted by molar-refractivity contribution is -0.122. The number of nitrogens with one attached hydrogen (secondary N) is 2. The Morgan fingerprint density at radius 3 is 2.75 bits per heavy atom. The maximum atomic E-state index is 12.2. The van der Waals surface area contributed by atoms with Crippen LogP contribution in [0.1, 0.15) is 22.7 Å². The predicted molar refractivity (Wildman–Crippen MR) is 96.7 cm³/mol. The van der Waals surface area contributed by atoms with Crippen LogP contribution in [0, 0.1) is 0 Å². The van der Waals surface area contributed by atoms with Crippen molar-refractivity contribution < 1.29 is 4.79 Å². The van der Waals surface area contributed by atoms with Crippen LogP contribution in [0.15, 0.2) is 54.6 Å². The third kappa shape index (κ3) is 4.43. The molecule has 0 spiro atoms. The van der Waals surface area contributed by atoms with Gasteiger partial charge < -0.3 is 10.6 Å². The van der Waals surface area contributed by atoms with Gasteiger partial charge in [0.1, 0.15) is 0 Å². The van der Waals surface area contributed by atoms with Gasteiger partial charge in [-0.3, -0.25) is 9.69 Å². The molecular formula is C20H25N3O. The van der Waals surface area contributed by atoms with Gasteiger partial charge in [-0.05, 0) is 36.7 Å². The highest BCUT2D eigenvalue weighted by Gasteiger charge is 2.19. The molecule has 4 nitrogen and oxygen atoms in total. The zero-order valence-corrected chi connectivity index (χ0v) is 14.2. The Balaban J connectivity index is 1.48. The number of carbonyl (C=O) groups excluding carboxylic acids is 1. The zero-order valence-electron chi connectivity index (χ0n) is 14.2. The second-order valence-electron chi connectivity index (χ2n) is 6.42. The predicted octanol–water partition coefficient (Wildman–Crippen LogP) is 2.12. The molecule has 1 unspecified atom stereocenters. The lowest BCUT2D eigenvalue weighted by atomic mass is 9.94. The highest BCUT2D eigenvalue weighted by molar-refractivity contribution is 5.78. The molecule has 0 aromatic heterocycles. The van der Waals surface area contributed by atoms with E-state index in [2.05, 4.69) is 47.0 Å². The van der Waals surface area contributed by atoms with Gasteiger partial charge in [0.05, 0.1) is 6.54 Å². The van der Waals surface area contributed by atoms with Crippen molar-refractivity contribution >= 4 is 5.91 Å². The van der Waals surface area contributed by atoms with E-state index >= 15 is 0 Å². The molecule has 0 bridgehead atoms. The van der Waals surface area contributed by atoms with Crippen LogP contribution >= 0.6 is 0 Å². The number of fused-ring (bicyclic) bond motifs is 1. The first-order chi connectivity index (χ1) is 11.7. The van der Waals surface area contributed by atoms with Crippen LogP contribution < -0.4 is 10.6 Å². The van der Waals surface area contributed by atoms with Crippen molar-refractivity contribution in [2.24, 2.45) is 0 Å². The highest BCUT2D eigenvalue weighted by Crippen LogP contribution is 2.21. The fraction of sp³-hybridized carbons (Fsp3) is 0.350. The Bertz CT molecular complexity index is 672. The van der Waals surface area contributed by atoms with E-state index in [1.54, 1.807) is 0 Å². The van der Waals surface area contributed by atoms with Gasteiger partial charge in [0.2, 0.25) is 5.91 Å². The first kappa shape index (κ1) is 16.7. The number of hydrogen-bond acceptors (Lipinski definition) is 3. The second kappa shape index (κ2) is 8.08. The van der Waals surface area contributed by atoms with Crippen molar-refractivity contribution in [3.8, 4) is 0 Å². The number of nitrogens with zero attached hydrogens (tertiary/aromatic N) is 1. The molecule has 1 atom stereocenters. The molecule has 1 aliphatic heterocycles. The first-order valence-corrected chi connectivity index (χ1v) is 8.53. The molecular weight excluding hydrogens is 298 g/mol. The molecule has 0 fully saturated rings. The van der Waals surface area contributed by atoms with Crippen molar-refractivity contribution in [1.82, 2.24) is 15.5 Å². The summed E-state index contributed by atoms with van der Waals surface area (Å²) in [5.41, 5.74) is 3.91. The van der Waals surface area contributed by atoms with E-state index in [9.17, 15) is 4.79 Å². The maximum Gasteiger partial charge on any atom is 0.234 e. The van der Waals surface area contributed by atoms with Crippen LogP contribution in [0.25, 0.3) is 0 Å². The SMILES string of the molecule is CN(CC(=O)NCC1NCCc2ccccc21)Cc1ccccc1. The molecule has 1 heterocycles. The molecule has 2 aromatic carbocycles. The van der Waals surface area contributed by atoms with Gasteiger partial charge in [0.15, 0.2) is 0 Å². The molecule has 2 aromatic rings. The normalized spacial score (nSPS) is 16.7. The second-order valence-corrected chi connectivity index (χ2v) is 6.42. The Hall–Kier alpha value is -2.17. The van der Waals surface area contributed by atoms with E-state index in [0.29, 0.717) is 13.1 Å². The van der Waals surface area contributed by atoms with Gasteiger partial charge >= 0.3 is 0 Å². The average molecular weight is 323 g/mol. The average Bonchev–Trinajstić information content (AvgIpc) is 2.60. The van der Waals surface area contributed by atoms with Crippen LogP contribution in [0.4, 0.5) is 0 Å². The van der Waals surface area contributed by atoms with E-state index in [0.717, 1.165) is 19.5 Å². The molecule has 3 rings (SSSR count). The lowest BCUT2D eigenvalue weighted by Gasteiger charge is -2.27. The molecule has 1 aliphatic rings. The molecule has 0 saturated heterocycles. The molecule has 4 heteroatoms. The van der Waals surface area contributed by atoms with Crippen LogP contribution in [-0.4, -0.2) is 37.5 Å². The van der Waals surface area contributed by atoms with E-state index < -0.39 is 0 Å². The third-order valence-corrected chi connectivity index (χ3v) is 4.43. The summed E-state index contributed by atoms with van der Waals surface area (Å²) in [6, 6.07) is 18.9. The van der Waals surface area contributed by atoms with Crippen LogP contribution in [0.2, 0.25) is 0 Å². The summed E-state index contributed by atoms with van der Waals surface area (Å²) < 4.78 is 0. The first-order valence-electron chi connectivity index (χ1n) is 8.53. The van der Waals surface area contributed by atoms with Crippen molar-refractivity contribution in [2.75, 3.05) is 26.7 Å². The molecule has 2 N–H and O–H groups in total. The minimum absolute atomic E-state index is 0.0679. The smallest absolute Gasteiger partial charge is 0.234 e. The van der Waals surface area contributed by atoms with E-state index in [4.69, 9.17) is 0 Å². The Morgan fingerprint density at radius 1 is 1.17 bits per heavy atom. The maximum absolute atomic E-state index is 12.2. The summed E-state index contributed by atoms with van der Waals surface area (Å²) in [7, 11) is 1.97. The van der Waals surface area contributed by atoms with Gasteiger partial charge in [-0.15, -0.1) is 0 Å². The largest absolute Gasteiger partial charge is 0.353 e. The minimum Gasteiger partial charge on any atom is -0.353 e.